The fourth-order valence-electron chi connectivity index (χ4n) is 4.88. The van der Waals surface area contributed by atoms with E-state index < -0.39 is 0 Å². The Hall–Kier alpha value is -3.27. The standard InChI is InChI=1S/C26H28N2O2.C3H6/c1-3-18-13-24(29)25(20-9-6-7-17(2)11-20)26-22(18)15-28(16-30-26)21-12-19-8-4-5-10-23(19)27-14-21;1-3-2/h4-5,8,10-14,20,29H,3,6-7,9,15-16H2,1-2H3;3H,1H2,2H3. The second kappa shape index (κ2) is 10.1. The summed E-state index contributed by atoms with van der Waals surface area (Å²) >= 11 is 0. The highest BCUT2D eigenvalue weighted by molar-refractivity contribution is 5.81. The Balaban J connectivity index is 0.000000821. The number of nitrogens with zero attached hydrogens (tertiary/aromatic N) is 2. The number of allylic oxidation sites excluding steroid dienone is 3. The van der Waals surface area contributed by atoms with Crippen LogP contribution in [-0.4, -0.2) is 16.8 Å². The van der Waals surface area contributed by atoms with Crippen molar-refractivity contribution in [1.82, 2.24) is 4.98 Å². The van der Waals surface area contributed by atoms with Crippen LogP contribution in [0.25, 0.3) is 10.9 Å². The minimum atomic E-state index is 0.229. The molecule has 4 nitrogen and oxygen atoms in total. The van der Waals surface area contributed by atoms with Gasteiger partial charge < -0.3 is 14.7 Å². The number of pyridine rings is 1. The second-order valence-corrected chi connectivity index (χ2v) is 8.91. The minimum Gasteiger partial charge on any atom is -0.507 e. The van der Waals surface area contributed by atoms with Gasteiger partial charge in [0, 0.05) is 22.4 Å². The zero-order chi connectivity index (χ0) is 23.4. The van der Waals surface area contributed by atoms with E-state index in [9.17, 15) is 5.11 Å². The molecular formula is C29H34N2O2. The number of para-hydroxylation sites is 1. The molecule has 0 saturated carbocycles. The maximum absolute atomic E-state index is 10.9. The van der Waals surface area contributed by atoms with Crippen molar-refractivity contribution >= 4 is 16.6 Å². The molecule has 2 aliphatic rings. The lowest BCUT2D eigenvalue weighted by molar-refractivity contribution is 0.281. The SMILES string of the molecule is C=CC.CCc1cc(O)c(C2C=C(C)CCC2)c2c1CN(c1cnc3ccccc3c1)CO2. The highest BCUT2D eigenvalue weighted by atomic mass is 16.5. The van der Waals surface area contributed by atoms with E-state index in [1.54, 1.807) is 6.08 Å². The highest BCUT2D eigenvalue weighted by Crippen LogP contribution is 2.46. The van der Waals surface area contributed by atoms with Gasteiger partial charge in [0.2, 0.25) is 0 Å². The van der Waals surface area contributed by atoms with E-state index in [2.05, 4.69) is 48.5 Å². The molecule has 0 spiro atoms. The lowest BCUT2D eigenvalue weighted by Gasteiger charge is -2.35. The van der Waals surface area contributed by atoms with E-state index >= 15 is 0 Å². The van der Waals surface area contributed by atoms with E-state index in [0.717, 1.165) is 65.7 Å². The molecule has 2 aromatic carbocycles. The molecule has 0 amide bonds. The molecule has 33 heavy (non-hydrogen) atoms. The van der Waals surface area contributed by atoms with Gasteiger partial charge >= 0.3 is 0 Å². The molecule has 0 saturated heterocycles. The number of fused-ring (bicyclic) bond motifs is 2. The number of hydrogen-bond donors (Lipinski definition) is 1. The maximum atomic E-state index is 10.9. The van der Waals surface area contributed by atoms with Crippen molar-refractivity contribution in [1.29, 1.82) is 0 Å². The third-order valence-electron chi connectivity index (χ3n) is 6.47. The van der Waals surface area contributed by atoms with Crippen LogP contribution >= 0.6 is 0 Å². The Morgan fingerprint density at radius 2 is 2.06 bits per heavy atom. The topological polar surface area (TPSA) is 45.6 Å². The van der Waals surface area contributed by atoms with Gasteiger partial charge in [-0.25, -0.2) is 0 Å². The van der Waals surface area contributed by atoms with Crippen molar-refractivity contribution in [2.75, 3.05) is 11.6 Å². The van der Waals surface area contributed by atoms with Gasteiger partial charge in [-0.2, -0.15) is 0 Å². The van der Waals surface area contributed by atoms with E-state index in [0.29, 0.717) is 12.5 Å². The Morgan fingerprint density at radius 3 is 2.82 bits per heavy atom. The van der Waals surface area contributed by atoms with Crippen LogP contribution in [0.1, 0.15) is 62.6 Å². The molecule has 4 heteroatoms. The first-order valence-electron chi connectivity index (χ1n) is 11.9. The van der Waals surface area contributed by atoms with Crippen LogP contribution in [-0.2, 0) is 13.0 Å². The molecule has 2 heterocycles. The quantitative estimate of drug-likeness (QED) is 0.433. The number of phenols is 1. The first kappa shape index (κ1) is 22.9. The summed E-state index contributed by atoms with van der Waals surface area (Å²) in [5.74, 6) is 1.50. The number of benzene rings is 2. The largest absolute Gasteiger partial charge is 0.507 e. The van der Waals surface area contributed by atoms with E-state index in [1.165, 1.54) is 11.1 Å². The first-order valence-corrected chi connectivity index (χ1v) is 11.9. The number of hydrogen-bond acceptors (Lipinski definition) is 4. The van der Waals surface area contributed by atoms with Gasteiger partial charge in [-0.05, 0) is 63.3 Å². The molecular weight excluding hydrogens is 408 g/mol. The van der Waals surface area contributed by atoms with Gasteiger partial charge in [0.25, 0.3) is 0 Å². The van der Waals surface area contributed by atoms with Crippen LogP contribution in [0.4, 0.5) is 5.69 Å². The van der Waals surface area contributed by atoms with Crippen LogP contribution in [0.5, 0.6) is 11.5 Å². The number of aromatic hydroxyl groups is 1. The first-order chi connectivity index (χ1) is 16.0. The number of anilines is 1. The lowest BCUT2D eigenvalue weighted by Crippen LogP contribution is -2.33. The van der Waals surface area contributed by atoms with Crippen LogP contribution in [0.3, 0.4) is 0 Å². The van der Waals surface area contributed by atoms with Crippen LogP contribution in [0, 0.1) is 0 Å². The van der Waals surface area contributed by atoms with Crippen molar-refractivity contribution in [3.05, 3.63) is 83.6 Å². The van der Waals surface area contributed by atoms with Gasteiger partial charge in [0.05, 0.1) is 23.9 Å². The van der Waals surface area contributed by atoms with Crippen LogP contribution in [0.2, 0.25) is 0 Å². The Kier molecular flexibility index (Phi) is 7.02. The summed E-state index contributed by atoms with van der Waals surface area (Å²) in [6.07, 6.45) is 10.2. The highest BCUT2D eigenvalue weighted by Gasteiger charge is 2.29. The molecule has 0 radical (unpaired) electrons. The second-order valence-electron chi connectivity index (χ2n) is 8.91. The third kappa shape index (κ3) is 4.75. The average Bonchev–Trinajstić information content (AvgIpc) is 2.83. The smallest absolute Gasteiger partial charge is 0.161 e. The maximum Gasteiger partial charge on any atom is 0.161 e. The van der Waals surface area contributed by atoms with Crippen LogP contribution < -0.4 is 9.64 Å². The molecule has 0 fully saturated rings. The molecule has 1 atom stereocenters. The molecule has 1 aromatic heterocycles. The number of ether oxygens (including phenoxy) is 1. The number of phenolic OH excluding ortho intramolecular Hbond substituents is 1. The van der Waals surface area contributed by atoms with Crippen molar-refractivity contribution in [3.63, 3.8) is 0 Å². The zero-order valence-electron chi connectivity index (χ0n) is 20.0. The molecule has 3 aromatic rings. The molecule has 1 unspecified atom stereocenters. The van der Waals surface area contributed by atoms with Crippen molar-refractivity contribution in [3.8, 4) is 11.5 Å². The number of rotatable bonds is 3. The van der Waals surface area contributed by atoms with Gasteiger partial charge in [-0.3, -0.25) is 4.98 Å². The monoisotopic (exact) mass is 442 g/mol. The Morgan fingerprint density at radius 1 is 1.27 bits per heavy atom. The van der Waals surface area contributed by atoms with Gasteiger partial charge in [0.15, 0.2) is 6.73 Å². The van der Waals surface area contributed by atoms with Gasteiger partial charge in [0.1, 0.15) is 11.5 Å². The van der Waals surface area contributed by atoms with Gasteiger partial charge in [-0.15, -0.1) is 6.58 Å². The molecule has 1 aliphatic carbocycles. The van der Waals surface area contributed by atoms with E-state index in [1.807, 2.05) is 37.4 Å². The van der Waals surface area contributed by atoms with Crippen LogP contribution in [0.15, 0.2) is 66.9 Å². The van der Waals surface area contributed by atoms with E-state index in [4.69, 9.17) is 4.74 Å². The summed E-state index contributed by atoms with van der Waals surface area (Å²) in [5.41, 5.74) is 6.78. The lowest BCUT2D eigenvalue weighted by atomic mass is 9.83. The average molecular weight is 443 g/mol. The predicted octanol–water partition coefficient (Wildman–Crippen LogP) is 7.27. The molecule has 1 N–H and O–H groups in total. The Labute approximate surface area is 197 Å². The summed E-state index contributed by atoms with van der Waals surface area (Å²) in [6, 6.07) is 12.3. The fourth-order valence-corrected chi connectivity index (χ4v) is 4.88. The summed E-state index contributed by atoms with van der Waals surface area (Å²) < 4.78 is 6.35. The fraction of sp³-hybridized carbons (Fsp3) is 0.345. The minimum absolute atomic E-state index is 0.229. The van der Waals surface area contributed by atoms with E-state index in [-0.39, 0.29) is 5.92 Å². The normalized spacial score (nSPS) is 17.4. The molecule has 5 rings (SSSR count). The van der Waals surface area contributed by atoms with Gasteiger partial charge in [-0.1, -0.05) is 42.8 Å². The third-order valence-corrected chi connectivity index (χ3v) is 6.47. The summed E-state index contributed by atoms with van der Waals surface area (Å²) in [6.45, 7) is 10.8. The molecule has 172 valence electrons. The van der Waals surface area contributed by atoms with Crippen molar-refractivity contribution < 1.29 is 9.84 Å². The zero-order valence-corrected chi connectivity index (χ0v) is 20.0. The molecule has 1 aliphatic heterocycles. The summed E-state index contributed by atoms with van der Waals surface area (Å²) in [5, 5.41) is 12.0. The predicted molar refractivity (Wildman–Crippen MR) is 137 cm³/mol. The summed E-state index contributed by atoms with van der Waals surface area (Å²) in [7, 11) is 0. The van der Waals surface area contributed by atoms with Crippen molar-refractivity contribution in [2.45, 2.75) is 58.9 Å². The van der Waals surface area contributed by atoms with Crippen molar-refractivity contribution in [2.24, 2.45) is 0 Å². The Bertz CT molecular complexity index is 1180. The number of aromatic nitrogens is 1. The summed E-state index contributed by atoms with van der Waals surface area (Å²) in [4.78, 5) is 6.85. The molecule has 0 bridgehead atoms. The number of aryl methyl sites for hydroxylation is 1.